The van der Waals surface area contributed by atoms with Crippen molar-refractivity contribution >= 4 is 11.6 Å². The molecule has 3 rings (SSSR count). The third-order valence-corrected chi connectivity index (χ3v) is 4.70. The Balaban J connectivity index is 1.43. The number of benzene rings is 1. The van der Waals surface area contributed by atoms with E-state index in [4.69, 9.17) is 0 Å². The van der Waals surface area contributed by atoms with Gasteiger partial charge in [0.1, 0.15) is 12.7 Å². The fourth-order valence-corrected chi connectivity index (χ4v) is 3.20. The van der Waals surface area contributed by atoms with Crippen LogP contribution in [0.15, 0.2) is 36.9 Å². The van der Waals surface area contributed by atoms with Crippen LogP contribution in [0.2, 0.25) is 0 Å². The van der Waals surface area contributed by atoms with Crippen molar-refractivity contribution in [2.75, 3.05) is 25.0 Å². The molecule has 0 unspecified atom stereocenters. The van der Waals surface area contributed by atoms with E-state index >= 15 is 0 Å². The first kappa shape index (κ1) is 17.5. The van der Waals surface area contributed by atoms with Crippen LogP contribution in [0.5, 0.6) is 0 Å². The van der Waals surface area contributed by atoms with Gasteiger partial charge in [0.25, 0.3) is 0 Å². The molecule has 25 heavy (non-hydrogen) atoms. The number of carbonyl (C=O) groups is 1. The minimum atomic E-state index is 0.310. The molecular formula is C19H27N5O. The second-order valence-electron chi connectivity index (χ2n) is 7.19. The number of anilines is 1. The summed E-state index contributed by atoms with van der Waals surface area (Å²) >= 11 is 0. The van der Waals surface area contributed by atoms with Gasteiger partial charge in [-0.05, 0) is 48.9 Å². The number of likely N-dealkylation sites (tertiary alicyclic amines) is 1. The van der Waals surface area contributed by atoms with Gasteiger partial charge in [0.2, 0.25) is 5.91 Å². The molecule has 1 aromatic heterocycles. The number of aromatic nitrogens is 3. The zero-order valence-electron chi connectivity index (χ0n) is 15.1. The quantitative estimate of drug-likeness (QED) is 0.877. The summed E-state index contributed by atoms with van der Waals surface area (Å²) < 4.78 is 1.74. The van der Waals surface area contributed by atoms with Crippen molar-refractivity contribution in [1.82, 2.24) is 19.7 Å². The molecule has 1 amide bonds. The lowest BCUT2D eigenvalue weighted by Crippen LogP contribution is -2.40. The van der Waals surface area contributed by atoms with Crippen LogP contribution in [0, 0.1) is 11.8 Å². The monoisotopic (exact) mass is 341 g/mol. The zero-order valence-corrected chi connectivity index (χ0v) is 15.1. The Bertz CT molecular complexity index is 658. The van der Waals surface area contributed by atoms with Gasteiger partial charge in [0.15, 0.2) is 0 Å². The smallest absolute Gasteiger partial charge is 0.222 e. The molecule has 0 aliphatic carbocycles. The molecule has 1 N–H and O–H groups in total. The highest BCUT2D eigenvalue weighted by atomic mass is 16.2. The second kappa shape index (κ2) is 8.14. The maximum Gasteiger partial charge on any atom is 0.222 e. The highest BCUT2D eigenvalue weighted by molar-refractivity contribution is 5.76. The molecule has 1 saturated heterocycles. The fraction of sp³-hybridized carbons (Fsp3) is 0.526. The first-order valence-corrected chi connectivity index (χ1v) is 9.08. The molecule has 0 atom stereocenters. The van der Waals surface area contributed by atoms with E-state index < -0.39 is 0 Å². The summed E-state index contributed by atoms with van der Waals surface area (Å²) in [7, 11) is 0. The highest BCUT2D eigenvalue weighted by Crippen LogP contribution is 2.20. The van der Waals surface area contributed by atoms with Gasteiger partial charge in [-0.15, -0.1) is 0 Å². The largest absolute Gasteiger partial charge is 0.385 e. The van der Waals surface area contributed by atoms with Crippen molar-refractivity contribution in [3.05, 3.63) is 36.9 Å². The number of hydrogen-bond acceptors (Lipinski definition) is 4. The summed E-state index contributed by atoms with van der Waals surface area (Å²) in [6.07, 6.45) is 6.05. The van der Waals surface area contributed by atoms with E-state index in [1.54, 1.807) is 11.0 Å². The van der Waals surface area contributed by atoms with Gasteiger partial charge >= 0.3 is 0 Å². The van der Waals surface area contributed by atoms with Crippen molar-refractivity contribution < 1.29 is 4.79 Å². The average molecular weight is 341 g/mol. The first-order chi connectivity index (χ1) is 12.1. The lowest BCUT2D eigenvalue weighted by atomic mass is 9.96. The lowest BCUT2D eigenvalue weighted by Gasteiger charge is -2.32. The standard InChI is InChI=1S/C19H27N5O/c1-15(2)11-19(25)23-9-7-16(8-10-23)12-21-17-3-5-18(6-4-17)24-14-20-13-22-24/h3-6,13-16,21H,7-12H2,1-2H3. The summed E-state index contributed by atoms with van der Waals surface area (Å²) in [6.45, 7) is 6.94. The Morgan fingerprint density at radius 3 is 2.56 bits per heavy atom. The van der Waals surface area contributed by atoms with Crippen molar-refractivity contribution in [1.29, 1.82) is 0 Å². The van der Waals surface area contributed by atoms with Gasteiger partial charge in [-0.25, -0.2) is 9.67 Å². The minimum absolute atomic E-state index is 0.310. The van der Waals surface area contributed by atoms with Crippen LogP contribution in [0.25, 0.3) is 5.69 Å². The van der Waals surface area contributed by atoms with Crippen LogP contribution < -0.4 is 5.32 Å². The predicted octanol–water partition coefficient (Wildman–Crippen LogP) is 2.96. The van der Waals surface area contributed by atoms with Crippen LogP contribution in [-0.4, -0.2) is 45.2 Å². The molecule has 0 radical (unpaired) electrons. The van der Waals surface area contributed by atoms with Crippen molar-refractivity contribution in [3.63, 3.8) is 0 Å². The van der Waals surface area contributed by atoms with Crippen LogP contribution in [0.3, 0.4) is 0 Å². The van der Waals surface area contributed by atoms with Gasteiger partial charge < -0.3 is 10.2 Å². The Hall–Kier alpha value is -2.37. The van der Waals surface area contributed by atoms with Crippen LogP contribution in [0.1, 0.15) is 33.1 Å². The van der Waals surface area contributed by atoms with Crippen LogP contribution >= 0.6 is 0 Å². The topological polar surface area (TPSA) is 63.1 Å². The summed E-state index contributed by atoms with van der Waals surface area (Å²) in [5, 5.41) is 7.64. The molecule has 1 fully saturated rings. The zero-order chi connectivity index (χ0) is 17.6. The molecule has 6 nitrogen and oxygen atoms in total. The van der Waals surface area contributed by atoms with Crippen LogP contribution in [-0.2, 0) is 4.79 Å². The normalized spacial score (nSPS) is 15.6. The van der Waals surface area contributed by atoms with E-state index in [-0.39, 0.29) is 0 Å². The Morgan fingerprint density at radius 2 is 1.96 bits per heavy atom. The van der Waals surface area contributed by atoms with Gasteiger partial charge in [0.05, 0.1) is 5.69 Å². The van der Waals surface area contributed by atoms with Crippen molar-refractivity contribution in [3.8, 4) is 5.69 Å². The minimum Gasteiger partial charge on any atom is -0.385 e. The van der Waals surface area contributed by atoms with E-state index in [1.807, 2.05) is 17.0 Å². The van der Waals surface area contributed by atoms with E-state index in [9.17, 15) is 4.79 Å². The fourth-order valence-electron chi connectivity index (χ4n) is 3.20. The third kappa shape index (κ3) is 4.81. The van der Waals surface area contributed by atoms with E-state index in [0.29, 0.717) is 24.2 Å². The Labute approximate surface area is 149 Å². The van der Waals surface area contributed by atoms with E-state index in [0.717, 1.165) is 43.9 Å². The molecule has 134 valence electrons. The molecule has 0 saturated carbocycles. The molecule has 0 spiro atoms. The summed E-state index contributed by atoms with van der Waals surface area (Å²) in [5.74, 6) is 1.37. The number of nitrogens with zero attached hydrogens (tertiary/aromatic N) is 4. The third-order valence-electron chi connectivity index (χ3n) is 4.70. The molecule has 1 aliphatic rings. The van der Waals surface area contributed by atoms with Crippen molar-refractivity contribution in [2.45, 2.75) is 33.1 Å². The molecule has 1 aromatic carbocycles. The molecule has 2 heterocycles. The van der Waals surface area contributed by atoms with Crippen molar-refractivity contribution in [2.24, 2.45) is 11.8 Å². The molecule has 1 aliphatic heterocycles. The lowest BCUT2D eigenvalue weighted by molar-refractivity contribution is -0.133. The van der Waals surface area contributed by atoms with E-state index in [2.05, 4.69) is 41.4 Å². The number of amides is 1. The SMILES string of the molecule is CC(C)CC(=O)N1CCC(CNc2ccc(-n3cncn3)cc2)CC1. The maximum absolute atomic E-state index is 12.1. The summed E-state index contributed by atoms with van der Waals surface area (Å²) in [4.78, 5) is 18.1. The number of nitrogens with one attached hydrogen (secondary N) is 1. The summed E-state index contributed by atoms with van der Waals surface area (Å²) in [5.41, 5.74) is 2.11. The molecule has 0 bridgehead atoms. The highest BCUT2D eigenvalue weighted by Gasteiger charge is 2.22. The Morgan fingerprint density at radius 1 is 1.24 bits per heavy atom. The average Bonchev–Trinajstić information content (AvgIpc) is 3.15. The van der Waals surface area contributed by atoms with Crippen LogP contribution in [0.4, 0.5) is 5.69 Å². The van der Waals surface area contributed by atoms with Gasteiger partial charge in [0, 0.05) is 31.7 Å². The summed E-state index contributed by atoms with van der Waals surface area (Å²) in [6, 6.07) is 8.20. The van der Waals surface area contributed by atoms with Gasteiger partial charge in [-0.2, -0.15) is 5.10 Å². The van der Waals surface area contributed by atoms with E-state index in [1.165, 1.54) is 6.33 Å². The number of piperidine rings is 1. The first-order valence-electron chi connectivity index (χ1n) is 9.08. The number of hydrogen-bond donors (Lipinski definition) is 1. The molecule has 6 heteroatoms. The maximum atomic E-state index is 12.1. The predicted molar refractivity (Wildman–Crippen MR) is 98.6 cm³/mol. The Kier molecular flexibility index (Phi) is 5.68. The number of carbonyl (C=O) groups excluding carboxylic acids is 1. The van der Waals surface area contributed by atoms with Gasteiger partial charge in [-0.1, -0.05) is 13.8 Å². The molecular weight excluding hydrogens is 314 g/mol. The number of rotatable bonds is 6. The van der Waals surface area contributed by atoms with Gasteiger partial charge in [-0.3, -0.25) is 4.79 Å². The second-order valence-corrected chi connectivity index (χ2v) is 7.19. The molecule has 2 aromatic rings.